The monoisotopic (exact) mass is 247 g/mol. The van der Waals surface area contributed by atoms with Crippen molar-refractivity contribution >= 4 is 5.97 Å². The average molecular weight is 247 g/mol. The lowest BCUT2D eigenvalue weighted by molar-refractivity contribution is -0.149. The molecule has 2 rings (SSSR count). The van der Waals surface area contributed by atoms with Gasteiger partial charge in [0.2, 0.25) is 0 Å². The fourth-order valence-electron chi connectivity index (χ4n) is 2.40. The van der Waals surface area contributed by atoms with Crippen LogP contribution in [0.1, 0.15) is 38.2 Å². The molecule has 98 valence electrons. The first-order valence-electron chi connectivity index (χ1n) is 6.76. The van der Waals surface area contributed by atoms with Gasteiger partial charge < -0.3 is 10.1 Å². The van der Waals surface area contributed by atoms with Gasteiger partial charge in [-0.15, -0.1) is 0 Å². The van der Waals surface area contributed by atoms with Crippen LogP contribution in [-0.4, -0.2) is 18.1 Å². The third-order valence-electron chi connectivity index (χ3n) is 3.44. The highest BCUT2D eigenvalue weighted by molar-refractivity contribution is 5.69. The predicted molar refractivity (Wildman–Crippen MR) is 71.1 cm³/mol. The van der Waals surface area contributed by atoms with E-state index in [1.807, 2.05) is 25.1 Å². The van der Waals surface area contributed by atoms with Crippen molar-refractivity contribution in [2.45, 2.75) is 51.3 Å². The molecule has 1 aliphatic rings. The van der Waals surface area contributed by atoms with Crippen LogP contribution in [0.2, 0.25) is 0 Å². The second-order valence-electron chi connectivity index (χ2n) is 4.79. The highest BCUT2D eigenvalue weighted by atomic mass is 16.5. The number of hydrogen-bond acceptors (Lipinski definition) is 3. The van der Waals surface area contributed by atoms with Gasteiger partial charge in [0.05, 0.1) is 0 Å². The summed E-state index contributed by atoms with van der Waals surface area (Å²) >= 11 is 0. The van der Waals surface area contributed by atoms with E-state index in [1.165, 1.54) is 5.56 Å². The largest absolute Gasteiger partial charge is 0.461 e. The van der Waals surface area contributed by atoms with Gasteiger partial charge in [0.15, 0.2) is 0 Å². The Hall–Kier alpha value is -1.35. The van der Waals surface area contributed by atoms with Crippen molar-refractivity contribution in [1.82, 2.24) is 5.32 Å². The van der Waals surface area contributed by atoms with Crippen molar-refractivity contribution in [2.75, 3.05) is 0 Å². The second-order valence-corrected chi connectivity index (χ2v) is 4.79. The van der Waals surface area contributed by atoms with Gasteiger partial charge in [-0.05, 0) is 24.8 Å². The van der Waals surface area contributed by atoms with E-state index in [2.05, 4.69) is 17.4 Å². The van der Waals surface area contributed by atoms with Gasteiger partial charge in [-0.25, -0.2) is 0 Å². The van der Waals surface area contributed by atoms with Crippen LogP contribution in [-0.2, 0) is 16.1 Å². The maximum Gasteiger partial charge on any atom is 0.305 e. The number of rotatable bonds is 5. The third-order valence-corrected chi connectivity index (χ3v) is 3.44. The maximum atomic E-state index is 11.3. The molecule has 1 aromatic rings. The van der Waals surface area contributed by atoms with Crippen molar-refractivity contribution < 1.29 is 9.53 Å². The molecule has 0 saturated heterocycles. The van der Waals surface area contributed by atoms with Gasteiger partial charge in [-0.1, -0.05) is 37.3 Å². The molecule has 3 heteroatoms. The number of carbonyl (C=O) groups excluding carboxylic acids is 1. The predicted octanol–water partition coefficient (Wildman–Crippen LogP) is 2.65. The Kier molecular flexibility index (Phi) is 4.76. The van der Waals surface area contributed by atoms with Crippen LogP contribution in [0.4, 0.5) is 0 Å². The van der Waals surface area contributed by atoms with E-state index in [9.17, 15) is 4.79 Å². The average Bonchev–Trinajstić information content (AvgIpc) is 2.84. The number of hydrogen-bond donors (Lipinski definition) is 1. The second kappa shape index (κ2) is 6.55. The fourth-order valence-corrected chi connectivity index (χ4v) is 2.40. The first-order chi connectivity index (χ1) is 8.79. The zero-order valence-electron chi connectivity index (χ0n) is 10.9. The summed E-state index contributed by atoms with van der Waals surface area (Å²) in [7, 11) is 0. The molecule has 1 fully saturated rings. The third kappa shape index (κ3) is 3.57. The summed E-state index contributed by atoms with van der Waals surface area (Å²) in [6.07, 6.45) is 3.73. The topological polar surface area (TPSA) is 38.3 Å². The smallest absolute Gasteiger partial charge is 0.305 e. The quantitative estimate of drug-likeness (QED) is 0.813. The molecule has 0 aliphatic heterocycles. The lowest BCUT2D eigenvalue weighted by Crippen LogP contribution is -2.37. The molecule has 2 unspecified atom stereocenters. The summed E-state index contributed by atoms with van der Waals surface area (Å²) in [6, 6.07) is 10.6. The minimum absolute atomic E-state index is 0.0566. The van der Waals surface area contributed by atoms with Crippen molar-refractivity contribution in [2.24, 2.45) is 0 Å². The molecule has 1 aliphatic carbocycles. The summed E-state index contributed by atoms with van der Waals surface area (Å²) in [5, 5.41) is 3.50. The van der Waals surface area contributed by atoms with Gasteiger partial charge in [0.1, 0.15) is 6.10 Å². The van der Waals surface area contributed by atoms with Gasteiger partial charge in [-0.3, -0.25) is 4.79 Å². The molecular weight excluding hydrogens is 226 g/mol. The van der Waals surface area contributed by atoms with E-state index >= 15 is 0 Å². The molecule has 1 N–H and O–H groups in total. The maximum absolute atomic E-state index is 11.3. The minimum atomic E-state index is -0.0894. The van der Waals surface area contributed by atoms with Gasteiger partial charge in [-0.2, -0.15) is 0 Å². The van der Waals surface area contributed by atoms with E-state index in [0.29, 0.717) is 12.5 Å². The Morgan fingerprint density at radius 3 is 2.83 bits per heavy atom. The molecule has 1 saturated carbocycles. The number of carbonyl (C=O) groups is 1. The number of nitrogens with one attached hydrogen (secondary N) is 1. The Morgan fingerprint density at radius 2 is 2.11 bits per heavy atom. The summed E-state index contributed by atoms with van der Waals surface area (Å²) in [5.74, 6) is -0.0894. The van der Waals surface area contributed by atoms with Gasteiger partial charge in [0, 0.05) is 19.0 Å². The molecule has 0 aromatic heterocycles. The molecule has 1 aromatic carbocycles. The van der Waals surface area contributed by atoms with Crippen LogP contribution < -0.4 is 5.32 Å². The summed E-state index contributed by atoms with van der Waals surface area (Å²) in [6.45, 7) is 2.68. The van der Waals surface area contributed by atoms with Crippen LogP contribution in [0.5, 0.6) is 0 Å². The highest BCUT2D eigenvalue weighted by Crippen LogP contribution is 2.23. The van der Waals surface area contributed by atoms with E-state index in [1.54, 1.807) is 0 Å². The summed E-state index contributed by atoms with van der Waals surface area (Å²) in [4.78, 5) is 11.3. The molecule has 0 radical (unpaired) electrons. The molecule has 3 nitrogen and oxygen atoms in total. The van der Waals surface area contributed by atoms with Crippen LogP contribution in [0.3, 0.4) is 0 Å². The lowest BCUT2D eigenvalue weighted by Gasteiger charge is -2.21. The fraction of sp³-hybridized carbons (Fsp3) is 0.533. The van der Waals surface area contributed by atoms with E-state index < -0.39 is 0 Å². The Labute approximate surface area is 109 Å². The first-order valence-corrected chi connectivity index (χ1v) is 6.76. The van der Waals surface area contributed by atoms with Crippen molar-refractivity contribution in [1.29, 1.82) is 0 Å². The SMILES string of the molecule is CCC(=O)OC1CCCC1NCc1ccccc1. The Balaban J connectivity index is 1.83. The van der Waals surface area contributed by atoms with Crippen molar-refractivity contribution in [3.8, 4) is 0 Å². The zero-order valence-corrected chi connectivity index (χ0v) is 10.9. The molecular formula is C15H21NO2. The van der Waals surface area contributed by atoms with Gasteiger partial charge >= 0.3 is 5.97 Å². The Morgan fingerprint density at radius 1 is 1.33 bits per heavy atom. The van der Waals surface area contributed by atoms with Crippen LogP contribution in [0.15, 0.2) is 30.3 Å². The van der Waals surface area contributed by atoms with Crippen LogP contribution in [0, 0.1) is 0 Å². The number of ether oxygens (including phenoxy) is 1. The summed E-state index contributed by atoms with van der Waals surface area (Å²) < 4.78 is 5.46. The zero-order chi connectivity index (χ0) is 12.8. The van der Waals surface area contributed by atoms with E-state index in [0.717, 1.165) is 25.8 Å². The van der Waals surface area contributed by atoms with Crippen molar-refractivity contribution in [3.05, 3.63) is 35.9 Å². The lowest BCUT2D eigenvalue weighted by atomic mass is 10.1. The van der Waals surface area contributed by atoms with Crippen molar-refractivity contribution in [3.63, 3.8) is 0 Å². The van der Waals surface area contributed by atoms with Gasteiger partial charge in [0.25, 0.3) is 0 Å². The number of benzene rings is 1. The molecule has 0 spiro atoms. The van der Waals surface area contributed by atoms with E-state index in [4.69, 9.17) is 4.74 Å². The molecule has 0 heterocycles. The molecule has 18 heavy (non-hydrogen) atoms. The highest BCUT2D eigenvalue weighted by Gasteiger charge is 2.29. The Bertz CT molecular complexity index is 377. The standard InChI is InChI=1S/C15H21NO2/c1-2-15(17)18-14-10-6-9-13(14)16-11-12-7-4-3-5-8-12/h3-5,7-8,13-14,16H,2,6,9-11H2,1H3. The van der Waals surface area contributed by atoms with E-state index in [-0.39, 0.29) is 12.1 Å². The normalized spacial score (nSPS) is 22.9. The first kappa shape index (κ1) is 13.1. The van der Waals surface area contributed by atoms with Crippen LogP contribution >= 0.6 is 0 Å². The number of esters is 1. The molecule has 0 amide bonds. The minimum Gasteiger partial charge on any atom is -0.461 e. The van der Waals surface area contributed by atoms with Crippen LogP contribution in [0.25, 0.3) is 0 Å². The molecule has 0 bridgehead atoms. The molecule has 2 atom stereocenters. The summed E-state index contributed by atoms with van der Waals surface area (Å²) in [5.41, 5.74) is 1.27.